The molecular weight excluding hydrogens is 981 g/mol. The fraction of sp³-hybridized carbons (Fsp3) is 0.857. The molecule has 1 unspecified atom stereocenters. The Morgan fingerprint density at radius 1 is 0.286 bits per heavy atom. The van der Waals surface area contributed by atoms with Crippen molar-refractivity contribution in [1.29, 1.82) is 0 Å². The van der Waals surface area contributed by atoms with Gasteiger partial charge in [-0.05, 0) is 103 Å². The predicted octanol–water partition coefficient (Wildman–Crippen LogP) is 14.3. The van der Waals surface area contributed by atoms with Gasteiger partial charge in [-0.25, -0.2) is 0 Å². The van der Waals surface area contributed by atoms with E-state index >= 15 is 0 Å². The number of hydrogen-bond acceptors (Lipinski definition) is 11. The number of carbonyl (C=O) groups is 3. The third-order valence-corrected chi connectivity index (χ3v) is 12.1. The summed E-state index contributed by atoms with van der Waals surface area (Å²) in [6, 6.07) is 0. The molecule has 0 saturated carbocycles. The minimum absolute atomic E-state index is 0.139. The van der Waals surface area contributed by atoms with Crippen LogP contribution in [0.5, 0.6) is 0 Å². The lowest BCUT2D eigenvalue weighted by molar-refractivity contribution is -0.138. The molecule has 0 aromatic rings. The number of aliphatic carboxylic acids is 3. The van der Waals surface area contributed by atoms with Gasteiger partial charge in [-0.1, -0.05) is 211 Å². The highest BCUT2D eigenvalue weighted by Gasteiger charge is 1.99. The number of hydrogen-bond donors (Lipinski definition) is 11. The van der Waals surface area contributed by atoms with Crippen molar-refractivity contribution in [2.24, 2.45) is 0 Å². The summed E-state index contributed by atoms with van der Waals surface area (Å²) in [5.41, 5.74) is 0. The van der Waals surface area contributed by atoms with E-state index in [1.54, 1.807) is 0 Å². The van der Waals surface area contributed by atoms with Crippen LogP contribution in [-0.2, 0) is 14.4 Å². The Kier molecular flexibility index (Phi) is 91.3. The topological polar surface area (TPSA) is 274 Å². The first-order valence-corrected chi connectivity index (χ1v) is 30.9. The van der Waals surface area contributed by atoms with Crippen LogP contribution < -0.4 is 0 Å². The van der Waals surface area contributed by atoms with Gasteiger partial charge in [0.1, 0.15) is 12.2 Å². The Morgan fingerprint density at radius 2 is 0.442 bits per heavy atom. The van der Waals surface area contributed by atoms with Crippen molar-refractivity contribution in [1.82, 2.24) is 0 Å². The van der Waals surface area contributed by atoms with E-state index in [2.05, 4.69) is 57.2 Å². The van der Waals surface area contributed by atoms with Gasteiger partial charge in [0, 0.05) is 19.3 Å². The Morgan fingerprint density at radius 3 is 0.571 bits per heavy atom. The molecule has 0 aliphatic heterocycles. The molecule has 0 amide bonds. The molecule has 0 bridgehead atoms. The van der Waals surface area contributed by atoms with Gasteiger partial charge in [-0.15, -0.1) is 0 Å². The van der Waals surface area contributed by atoms with Crippen LogP contribution in [0, 0.1) is 0 Å². The van der Waals surface area contributed by atoms with Crippen molar-refractivity contribution in [3.63, 3.8) is 0 Å². The first kappa shape index (κ1) is 85.6. The predicted molar refractivity (Wildman–Crippen MR) is 320 cm³/mol. The van der Waals surface area contributed by atoms with Crippen molar-refractivity contribution < 1.29 is 70.6 Å². The highest BCUT2D eigenvalue weighted by Crippen LogP contribution is 2.13. The number of allylic oxidation sites excluding steroid dienone is 6. The van der Waals surface area contributed by atoms with Gasteiger partial charge in [0.15, 0.2) is 0 Å². The zero-order valence-electron chi connectivity index (χ0n) is 50.1. The quantitative estimate of drug-likeness (QED) is 0.0200. The second-order valence-electron chi connectivity index (χ2n) is 20.3. The van der Waals surface area contributed by atoms with Gasteiger partial charge in [-0.3, -0.25) is 14.4 Å². The first-order valence-electron chi connectivity index (χ1n) is 30.9. The van der Waals surface area contributed by atoms with Gasteiger partial charge in [0.05, 0.1) is 39.1 Å². The van der Waals surface area contributed by atoms with Crippen LogP contribution in [0.4, 0.5) is 0 Å². The lowest BCUT2D eigenvalue weighted by Crippen LogP contribution is -2.15. The number of aliphatic hydroxyl groups is 8. The van der Waals surface area contributed by atoms with Crippen LogP contribution >= 0.6 is 0 Å². The van der Waals surface area contributed by atoms with E-state index in [9.17, 15) is 14.4 Å². The van der Waals surface area contributed by atoms with Gasteiger partial charge in [-0.2, -0.15) is 0 Å². The molecule has 14 heteroatoms. The summed E-state index contributed by atoms with van der Waals surface area (Å²) in [5.74, 6) is -1.99. The second-order valence-corrected chi connectivity index (χ2v) is 20.3. The maximum Gasteiger partial charge on any atom is 0.303 e. The average molecular weight is 1110 g/mol. The van der Waals surface area contributed by atoms with Crippen LogP contribution in [0.3, 0.4) is 0 Å². The van der Waals surface area contributed by atoms with Crippen molar-refractivity contribution in [3.8, 4) is 0 Å². The van der Waals surface area contributed by atoms with Crippen LogP contribution in [0.15, 0.2) is 36.5 Å². The SMILES string of the molecule is CC(O)CO.CCCCCCCCC=CCCCCCCCC(=O)O.CCCCCCCCC=CCCCCCCCC(=O)O.CCCCCCCCC=CCCCCCCCC(=O)O.OCC(O)CO.OCC(O)CO. The molecule has 0 aliphatic carbocycles. The van der Waals surface area contributed by atoms with E-state index in [4.69, 9.17) is 56.2 Å². The third-order valence-electron chi connectivity index (χ3n) is 12.1. The lowest BCUT2D eigenvalue weighted by Gasteiger charge is -1.99. The summed E-state index contributed by atoms with van der Waals surface area (Å²) in [6.07, 6.45) is 61.3. The summed E-state index contributed by atoms with van der Waals surface area (Å²) >= 11 is 0. The number of carboxylic acids is 3. The minimum Gasteiger partial charge on any atom is -0.481 e. The Bertz CT molecular complexity index is 1040. The molecule has 11 N–H and O–H groups in total. The molecule has 77 heavy (non-hydrogen) atoms. The first-order chi connectivity index (χ1) is 37.2. The van der Waals surface area contributed by atoms with Gasteiger partial charge in [0.25, 0.3) is 0 Å². The summed E-state index contributed by atoms with van der Waals surface area (Å²) in [6.45, 7) is 6.71. The van der Waals surface area contributed by atoms with Crippen molar-refractivity contribution in [2.75, 3.05) is 33.0 Å². The Hall–Kier alpha value is -2.69. The third kappa shape index (κ3) is 110. The van der Waals surface area contributed by atoms with E-state index in [1.807, 2.05) is 0 Å². The number of aliphatic hydroxyl groups excluding tert-OH is 8. The van der Waals surface area contributed by atoms with Gasteiger partial charge < -0.3 is 56.2 Å². The van der Waals surface area contributed by atoms with Gasteiger partial charge >= 0.3 is 17.9 Å². The fourth-order valence-corrected chi connectivity index (χ4v) is 7.16. The largest absolute Gasteiger partial charge is 0.481 e. The Labute approximate surface area is 472 Å². The number of rotatable bonds is 50. The van der Waals surface area contributed by atoms with Crippen LogP contribution in [0.2, 0.25) is 0 Å². The van der Waals surface area contributed by atoms with E-state index in [0.29, 0.717) is 19.3 Å². The van der Waals surface area contributed by atoms with E-state index < -0.39 is 36.2 Å². The summed E-state index contributed by atoms with van der Waals surface area (Å²) in [4.78, 5) is 31.0. The van der Waals surface area contributed by atoms with Crippen LogP contribution in [-0.4, -0.2) is 125 Å². The summed E-state index contributed by atoms with van der Waals surface area (Å²) < 4.78 is 0. The smallest absolute Gasteiger partial charge is 0.303 e. The molecule has 0 radical (unpaired) electrons. The van der Waals surface area contributed by atoms with E-state index in [1.165, 1.54) is 219 Å². The van der Waals surface area contributed by atoms with E-state index in [-0.39, 0.29) is 33.0 Å². The zero-order chi connectivity index (χ0) is 58.9. The highest BCUT2D eigenvalue weighted by molar-refractivity contribution is 5.67. The maximum absolute atomic E-state index is 10.3. The molecule has 0 fully saturated rings. The fourth-order valence-electron chi connectivity index (χ4n) is 7.16. The molecular formula is C63H126O14. The van der Waals surface area contributed by atoms with Gasteiger partial charge in [0.2, 0.25) is 0 Å². The number of unbranched alkanes of at least 4 members (excludes halogenated alkanes) is 33. The van der Waals surface area contributed by atoms with Crippen molar-refractivity contribution in [3.05, 3.63) is 36.5 Å². The zero-order valence-corrected chi connectivity index (χ0v) is 50.1. The molecule has 0 aliphatic rings. The summed E-state index contributed by atoms with van der Waals surface area (Å²) in [7, 11) is 0. The summed E-state index contributed by atoms with van der Waals surface area (Å²) in [5, 5.41) is 89.6. The van der Waals surface area contributed by atoms with Crippen molar-refractivity contribution in [2.45, 2.75) is 316 Å². The molecule has 0 aromatic carbocycles. The molecule has 0 spiro atoms. The van der Waals surface area contributed by atoms with Crippen LogP contribution in [0.25, 0.3) is 0 Å². The molecule has 0 rings (SSSR count). The van der Waals surface area contributed by atoms with Crippen molar-refractivity contribution >= 4 is 17.9 Å². The standard InChI is InChI=1S/3C18H34O2.2C3H8O3.C3H8O2/c3*1-2-3-4-5-6-7-8-9-10-11-12-13-14-15-16-17-18(19)20;2*4-1-3(6)2-5;1-3(5)2-4/h3*9-10H,2-8,11-17H2,1H3,(H,19,20);2*3-6H,1-2H2;3-5H,2H2,1H3. The monoisotopic (exact) mass is 1110 g/mol. The lowest BCUT2D eigenvalue weighted by atomic mass is 10.1. The molecule has 1 atom stereocenters. The molecule has 0 heterocycles. The molecule has 462 valence electrons. The molecule has 14 nitrogen and oxygen atoms in total. The second kappa shape index (κ2) is 82.1. The highest BCUT2D eigenvalue weighted by atomic mass is 16.4. The van der Waals surface area contributed by atoms with Crippen LogP contribution in [0.1, 0.15) is 297 Å². The normalized spacial score (nSPS) is 11.3. The average Bonchev–Trinajstić information content (AvgIpc) is 3.42. The maximum atomic E-state index is 10.3. The Balaban J connectivity index is -0.000000212. The van der Waals surface area contributed by atoms with E-state index in [0.717, 1.165) is 38.5 Å². The number of carboxylic acid groups (broad SMARTS) is 3. The molecule has 0 aromatic heterocycles. The molecule has 0 saturated heterocycles. The minimum atomic E-state index is -0.954.